The maximum atomic E-state index is 5.05. The van der Waals surface area contributed by atoms with E-state index in [0.29, 0.717) is 6.04 Å². The summed E-state index contributed by atoms with van der Waals surface area (Å²) in [4.78, 5) is 9.90. The fourth-order valence-electron chi connectivity index (χ4n) is 4.38. The molecule has 0 N–H and O–H groups in total. The van der Waals surface area contributed by atoms with Gasteiger partial charge in [0.05, 0.1) is 23.3 Å². The van der Waals surface area contributed by atoms with Crippen molar-refractivity contribution in [2.24, 2.45) is 12.0 Å². The Morgan fingerprint density at radius 1 is 0.828 bits per heavy atom. The van der Waals surface area contributed by atoms with Crippen molar-refractivity contribution in [3.8, 4) is 22.3 Å². The van der Waals surface area contributed by atoms with Gasteiger partial charge < -0.3 is 4.57 Å². The molecule has 0 saturated heterocycles. The number of rotatable bonds is 4. The molecule has 1 fully saturated rings. The van der Waals surface area contributed by atoms with E-state index in [-0.39, 0.29) is 0 Å². The molecule has 0 aliphatic heterocycles. The Hall–Kier alpha value is -3.20. The van der Waals surface area contributed by atoms with Gasteiger partial charge in [-0.05, 0) is 24.0 Å². The Balaban J connectivity index is 1.71. The average Bonchev–Trinajstić information content (AvgIpc) is 3.41. The van der Waals surface area contributed by atoms with Crippen molar-refractivity contribution in [1.29, 1.82) is 0 Å². The average molecular weight is 380 g/mol. The van der Waals surface area contributed by atoms with Crippen molar-refractivity contribution >= 4 is 17.2 Å². The van der Waals surface area contributed by atoms with Crippen LogP contribution in [-0.4, -0.2) is 21.8 Å². The third-order valence-corrected chi connectivity index (χ3v) is 5.95. The first-order valence-corrected chi connectivity index (χ1v) is 10.4. The summed E-state index contributed by atoms with van der Waals surface area (Å²) in [6, 6.07) is 26.0. The van der Waals surface area contributed by atoms with Crippen molar-refractivity contribution in [1.82, 2.24) is 9.55 Å². The highest BCUT2D eigenvalue weighted by Gasteiger charge is 2.17. The first-order valence-electron chi connectivity index (χ1n) is 10.4. The summed E-state index contributed by atoms with van der Waals surface area (Å²) in [6.45, 7) is 0. The van der Waals surface area contributed by atoms with Crippen molar-refractivity contribution in [2.75, 3.05) is 0 Å². The van der Waals surface area contributed by atoms with E-state index in [0.717, 1.165) is 22.4 Å². The van der Waals surface area contributed by atoms with Gasteiger partial charge in [-0.2, -0.15) is 0 Å². The predicted octanol–water partition coefficient (Wildman–Crippen LogP) is 6.27. The lowest BCUT2D eigenvalue weighted by molar-refractivity contribution is 0.708. The molecule has 1 heterocycles. The SMILES string of the molecule is Cn1c(/C=N/C2CCCC2)nc2c(-c3ccccc3)ccc(-c3ccccc3)c21. The lowest BCUT2D eigenvalue weighted by atomic mass is 9.98. The summed E-state index contributed by atoms with van der Waals surface area (Å²) in [5.74, 6) is 0.924. The molecule has 5 rings (SSSR count). The number of benzene rings is 3. The van der Waals surface area contributed by atoms with Gasteiger partial charge in [0.15, 0.2) is 5.82 Å². The zero-order valence-corrected chi connectivity index (χ0v) is 16.8. The molecule has 0 bridgehead atoms. The first-order chi connectivity index (χ1) is 14.3. The second kappa shape index (κ2) is 7.67. The maximum absolute atomic E-state index is 5.05. The molecule has 0 amide bonds. The van der Waals surface area contributed by atoms with Crippen LogP contribution in [0.5, 0.6) is 0 Å². The van der Waals surface area contributed by atoms with Gasteiger partial charge in [-0.1, -0.05) is 85.6 Å². The molecule has 1 aliphatic carbocycles. The standard InChI is InChI=1S/C26H25N3/c1-29-24(18-27-21-14-8-9-15-21)28-25-22(19-10-4-2-5-11-19)16-17-23(26(25)29)20-12-6-3-7-13-20/h2-7,10-13,16-18,21H,8-9,14-15H2,1H3/b27-18+. The van der Waals surface area contributed by atoms with E-state index in [1.165, 1.54) is 42.4 Å². The summed E-state index contributed by atoms with van der Waals surface area (Å²) in [5, 5.41) is 0. The van der Waals surface area contributed by atoms with E-state index in [9.17, 15) is 0 Å². The number of fused-ring (bicyclic) bond motifs is 1. The molecule has 4 aromatic rings. The van der Waals surface area contributed by atoms with Crippen molar-refractivity contribution in [3.63, 3.8) is 0 Å². The zero-order chi connectivity index (χ0) is 19.6. The fraction of sp³-hybridized carbons (Fsp3) is 0.231. The third-order valence-electron chi connectivity index (χ3n) is 5.95. The Labute approximate surface area is 171 Å². The molecule has 0 atom stereocenters. The second-order valence-corrected chi connectivity index (χ2v) is 7.84. The molecule has 1 aliphatic rings. The van der Waals surface area contributed by atoms with Crippen LogP contribution in [0.1, 0.15) is 31.5 Å². The third kappa shape index (κ3) is 3.38. The number of aliphatic imine (C=N–C) groups is 1. The van der Waals surface area contributed by atoms with Crippen LogP contribution in [0.15, 0.2) is 77.8 Å². The van der Waals surface area contributed by atoms with E-state index < -0.39 is 0 Å². The second-order valence-electron chi connectivity index (χ2n) is 7.84. The molecule has 3 aromatic carbocycles. The minimum atomic E-state index is 0.456. The number of imidazole rings is 1. The van der Waals surface area contributed by atoms with E-state index in [4.69, 9.17) is 9.98 Å². The molecular formula is C26H25N3. The van der Waals surface area contributed by atoms with Crippen molar-refractivity contribution in [3.05, 3.63) is 78.6 Å². The van der Waals surface area contributed by atoms with Crippen LogP contribution in [0, 0.1) is 0 Å². The van der Waals surface area contributed by atoms with Crippen LogP contribution in [0.2, 0.25) is 0 Å². The summed E-state index contributed by atoms with van der Waals surface area (Å²) in [6.07, 6.45) is 6.97. The number of hydrogen-bond donors (Lipinski definition) is 0. The molecule has 3 heteroatoms. The van der Waals surface area contributed by atoms with Crippen LogP contribution < -0.4 is 0 Å². The lowest BCUT2D eigenvalue weighted by Gasteiger charge is -2.10. The van der Waals surface area contributed by atoms with Gasteiger partial charge in [-0.25, -0.2) is 4.98 Å². The molecule has 1 aromatic heterocycles. The molecule has 0 spiro atoms. The molecule has 0 radical (unpaired) electrons. The van der Waals surface area contributed by atoms with Crippen LogP contribution in [0.3, 0.4) is 0 Å². The van der Waals surface area contributed by atoms with Gasteiger partial charge in [0.2, 0.25) is 0 Å². The number of hydrogen-bond acceptors (Lipinski definition) is 2. The lowest BCUT2D eigenvalue weighted by Crippen LogP contribution is -2.01. The van der Waals surface area contributed by atoms with E-state index >= 15 is 0 Å². The van der Waals surface area contributed by atoms with E-state index in [1.54, 1.807) is 0 Å². The Morgan fingerprint density at radius 2 is 1.41 bits per heavy atom. The number of aromatic nitrogens is 2. The van der Waals surface area contributed by atoms with Crippen molar-refractivity contribution < 1.29 is 0 Å². The monoisotopic (exact) mass is 379 g/mol. The molecule has 29 heavy (non-hydrogen) atoms. The summed E-state index contributed by atoms with van der Waals surface area (Å²) in [5.41, 5.74) is 6.96. The fourth-order valence-corrected chi connectivity index (χ4v) is 4.38. The van der Waals surface area contributed by atoms with Crippen LogP contribution in [-0.2, 0) is 7.05 Å². The quantitative estimate of drug-likeness (QED) is 0.384. The Bertz CT molecular complexity index is 1150. The smallest absolute Gasteiger partial charge is 0.151 e. The highest BCUT2D eigenvalue weighted by atomic mass is 15.1. The molecular weight excluding hydrogens is 354 g/mol. The minimum absolute atomic E-state index is 0.456. The molecule has 1 saturated carbocycles. The van der Waals surface area contributed by atoms with E-state index in [1.807, 2.05) is 6.21 Å². The highest BCUT2D eigenvalue weighted by Crippen LogP contribution is 2.35. The van der Waals surface area contributed by atoms with Gasteiger partial charge in [-0.3, -0.25) is 4.99 Å². The summed E-state index contributed by atoms with van der Waals surface area (Å²) >= 11 is 0. The normalized spacial score (nSPS) is 14.9. The topological polar surface area (TPSA) is 30.2 Å². The number of nitrogens with zero attached hydrogens (tertiary/aromatic N) is 3. The minimum Gasteiger partial charge on any atom is -0.326 e. The summed E-state index contributed by atoms with van der Waals surface area (Å²) < 4.78 is 2.20. The molecule has 144 valence electrons. The van der Waals surface area contributed by atoms with Gasteiger partial charge in [0, 0.05) is 18.2 Å². The van der Waals surface area contributed by atoms with Crippen molar-refractivity contribution in [2.45, 2.75) is 31.7 Å². The van der Waals surface area contributed by atoms with Crippen LogP contribution >= 0.6 is 0 Å². The van der Waals surface area contributed by atoms with Crippen LogP contribution in [0.4, 0.5) is 0 Å². The zero-order valence-electron chi connectivity index (χ0n) is 16.8. The van der Waals surface area contributed by atoms with Gasteiger partial charge >= 0.3 is 0 Å². The first kappa shape index (κ1) is 17.9. The molecule has 0 unspecified atom stereocenters. The molecule has 3 nitrogen and oxygen atoms in total. The largest absolute Gasteiger partial charge is 0.326 e. The highest BCUT2D eigenvalue weighted by molar-refractivity contribution is 6.03. The Morgan fingerprint density at radius 3 is 2.07 bits per heavy atom. The Kier molecular flexibility index (Phi) is 4.73. The number of aryl methyl sites for hydroxylation is 1. The summed E-state index contributed by atoms with van der Waals surface area (Å²) in [7, 11) is 2.10. The van der Waals surface area contributed by atoms with Gasteiger partial charge in [-0.15, -0.1) is 0 Å². The predicted molar refractivity (Wildman–Crippen MR) is 121 cm³/mol. The van der Waals surface area contributed by atoms with Crippen LogP contribution in [0.25, 0.3) is 33.3 Å². The van der Waals surface area contributed by atoms with Gasteiger partial charge in [0.25, 0.3) is 0 Å². The van der Waals surface area contributed by atoms with Gasteiger partial charge in [0.1, 0.15) is 0 Å². The maximum Gasteiger partial charge on any atom is 0.151 e. The van der Waals surface area contributed by atoms with E-state index in [2.05, 4.69) is 84.4 Å².